The highest BCUT2D eigenvalue weighted by atomic mass is 35.5. The number of aryl methyl sites for hydroxylation is 1. The fourth-order valence-electron chi connectivity index (χ4n) is 7.22. The van der Waals surface area contributed by atoms with E-state index >= 15 is 0 Å². The number of carbonyl (C=O) groups excluding carboxylic acids is 2. The number of hydrogen-bond donors (Lipinski definition) is 4. The lowest BCUT2D eigenvalue weighted by Crippen LogP contribution is -2.38. The molecule has 3 aliphatic rings. The molecule has 254 valence electrons. The Morgan fingerprint density at radius 3 is 2.37 bits per heavy atom. The fraction of sp³-hybridized carbons (Fsp3) is 0.368. The summed E-state index contributed by atoms with van der Waals surface area (Å²) in [6.07, 6.45) is 7.85. The van der Waals surface area contributed by atoms with Crippen LogP contribution >= 0.6 is 23.2 Å². The molecule has 2 aliphatic heterocycles. The fourth-order valence-corrected chi connectivity index (χ4v) is 7.87. The number of amides is 2. The summed E-state index contributed by atoms with van der Waals surface area (Å²) < 4.78 is 5.66. The van der Waals surface area contributed by atoms with Gasteiger partial charge in [0.25, 0.3) is 0 Å². The molecule has 2 fully saturated rings. The topological polar surface area (TPSA) is 117 Å². The molecular weight excluding hydrogens is 659 g/mol. The smallest absolute Gasteiger partial charge is 0.220 e. The Kier molecular flexibility index (Phi) is 10.1. The largest absolute Gasteiger partial charge is 0.481 e. The van der Waals surface area contributed by atoms with E-state index in [1.807, 2.05) is 36.4 Å². The number of hydrogen-bond acceptors (Lipinski definition) is 7. The van der Waals surface area contributed by atoms with Gasteiger partial charge in [-0.25, -0.2) is 4.98 Å². The highest BCUT2D eigenvalue weighted by Gasteiger charge is 2.26. The maximum Gasteiger partial charge on any atom is 0.220 e. The predicted octanol–water partition coefficient (Wildman–Crippen LogP) is 6.41. The van der Waals surface area contributed by atoms with Crippen LogP contribution in [0.5, 0.6) is 5.88 Å². The molecule has 11 heteroatoms. The second-order valence-corrected chi connectivity index (χ2v) is 13.8. The highest BCUT2D eigenvalue weighted by Crippen LogP contribution is 2.42. The second-order valence-electron chi connectivity index (χ2n) is 13.1. The van der Waals surface area contributed by atoms with Crippen molar-refractivity contribution in [3.63, 3.8) is 0 Å². The van der Waals surface area contributed by atoms with Crippen LogP contribution < -0.4 is 26.0 Å². The molecular formula is C38H40Cl2N6O3. The van der Waals surface area contributed by atoms with Crippen LogP contribution in [-0.4, -0.2) is 54.1 Å². The molecule has 2 amide bonds. The SMILES string of the molecule is COc1nc(-c2cccc(-c3ccnc(-c4ccc5c(c4)CCC[C@H]5NC[C@@H]4CCC(=O)N4)c3Cl)c2Cl)ccc1CNC[C@@H]1CCC(=O)N1. The van der Waals surface area contributed by atoms with Crippen LogP contribution in [0.25, 0.3) is 33.6 Å². The average Bonchev–Trinajstić information content (AvgIpc) is 3.74. The minimum atomic E-state index is 0.105. The first-order chi connectivity index (χ1) is 23.9. The number of carbonyl (C=O) groups is 2. The van der Waals surface area contributed by atoms with Crippen molar-refractivity contribution in [1.82, 2.24) is 31.2 Å². The van der Waals surface area contributed by atoms with Gasteiger partial charge in [0.1, 0.15) is 0 Å². The third kappa shape index (κ3) is 7.31. The summed E-state index contributed by atoms with van der Waals surface area (Å²) in [6, 6.07) is 18.8. The van der Waals surface area contributed by atoms with Gasteiger partial charge in [-0.1, -0.05) is 59.6 Å². The summed E-state index contributed by atoms with van der Waals surface area (Å²) in [5, 5.41) is 14.2. The summed E-state index contributed by atoms with van der Waals surface area (Å²) in [5.74, 6) is 0.762. The van der Waals surface area contributed by atoms with Crippen molar-refractivity contribution < 1.29 is 14.3 Å². The minimum Gasteiger partial charge on any atom is -0.481 e. The molecule has 3 atom stereocenters. The first kappa shape index (κ1) is 33.5. The number of rotatable bonds is 11. The van der Waals surface area contributed by atoms with Gasteiger partial charge in [-0.05, 0) is 61.4 Å². The van der Waals surface area contributed by atoms with Crippen LogP contribution in [0.1, 0.15) is 61.3 Å². The Balaban J connectivity index is 1.10. The van der Waals surface area contributed by atoms with Crippen molar-refractivity contribution in [2.75, 3.05) is 20.2 Å². The Morgan fingerprint density at radius 1 is 0.857 bits per heavy atom. The minimum absolute atomic E-state index is 0.105. The van der Waals surface area contributed by atoms with Crippen LogP contribution in [0.15, 0.2) is 60.8 Å². The zero-order valence-electron chi connectivity index (χ0n) is 27.5. The lowest BCUT2D eigenvalue weighted by molar-refractivity contribution is -0.120. The highest BCUT2D eigenvalue weighted by molar-refractivity contribution is 6.39. The molecule has 0 radical (unpaired) electrons. The third-order valence-corrected chi connectivity index (χ3v) is 10.6. The number of nitrogens with zero attached hydrogens (tertiary/aromatic N) is 2. The number of aromatic nitrogens is 2. The van der Waals surface area contributed by atoms with Crippen molar-refractivity contribution in [3.8, 4) is 39.5 Å². The summed E-state index contributed by atoms with van der Waals surface area (Å²) in [5.41, 5.74) is 8.23. The quantitative estimate of drug-likeness (QED) is 0.143. The number of methoxy groups -OCH3 is 1. The van der Waals surface area contributed by atoms with Crippen LogP contribution in [0.4, 0.5) is 0 Å². The van der Waals surface area contributed by atoms with E-state index in [1.165, 1.54) is 11.1 Å². The van der Waals surface area contributed by atoms with Crippen molar-refractivity contribution >= 4 is 35.0 Å². The molecule has 7 rings (SSSR count). The van der Waals surface area contributed by atoms with E-state index in [-0.39, 0.29) is 29.9 Å². The normalized spacial score (nSPS) is 20.2. The number of nitrogens with one attached hydrogen (secondary N) is 4. The Morgan fingerprint density at radius 2 is 1.61 bits per heavy atom. The number of halogens is 2. The van der Waals surface area contributed by atoms with Crippen LogP contribution in [0, 0.1) is 0 Å². The maximum atomic E-state index is 11.6. The lowest BCUT2D eigenvalue weighted by atomic mass is 9.86. The monoisotopic (exact) mass is 698 g/mol. The molecule has 0 bridgehead atoms. The van der Waals surface area contributed by atoms with Crippen molar-refractivity contribution in [2.45, 2.75) is 69.6 Å². The zero-order valence-corrected chi connectivity index (χ0v) is 29.0. The third-order valence-electron chi connectivity index (χ3n) is 9.80. The van der Waals surface area contributed by atoms with Gasteiger partial charge >= 0.3 is 0 Å². The molecule has 0 saturated carbocycles. The maximum absolute atomic E-state index is 11.6. The van der Waals surface area contributed by atoms with Gasteiger partial charge in [0, 0.05) is 84.6 Å². The van der Waals surface area contributed by atoms with Gasteiger partial charge in [0.05, 0.1) is 28.5 Å². The van der Waals surface area contributed by atoms with E-state index in [4.69, 9.17) is 37.9 Å². The van der Waals surface area contributed by atoms with Gasteiger partial charge in [-0.15, -0.1) is 0 Å². The molecule has 4 aromatic rings. The van der Waals surface area contributed by atoms with E-state index in [2.05, 4.69) is 39.5 Å². The first-order valence-electron chi connectivity index (χ1n) is 17.0. The molecule has 9 nitrogen and oxygen atoms in total. The molecule has 2 aromatic carbocycles. The number of benzene rings is 2. The summed E-state index contributed by atoms with van der Waals surface area (Å²) in [4.78, 5) is 32.7. The van der Waals surface area contributed by atoms with Crippen LogP contribution in [0.3, 0.4) is 0 Å². The van der Waals surface area contributed by atoms with Gasteiger partial charge in [-0.3, -0.25) is 14.6 Å². The molecule has 2 aromatic heterocycles. The molecule has 4 heterocycles. The number of fused-ring (bicyclic) bond motifs is 1. The van der Waals surface area contributed by atoms with Gasteiger partial charge in [0.2, 0.25) is 17.7 Å². The molecule has 0 spiro atoms. The Bertz CT molecular complexity index is 1880. The summed E-state index contributed by atoms with van der Waals surface area (Å²) in [7, 11) is 1.61. The van der Waals surface area contributed by atoms with E-state index in [0.29, 0.717) is 53.2 Å². The second kappa shape index (κ2) is 14.8. The Labute approximate surface area is 296 Å². The first-order valence-corrected chi connectivity index (χ1v) is 17.8. The Hall–Kier alpha value is -4.02. The van der Waals surface area contributed by atoms with E-state index in [9.17, 15) is 9.59 Å². The van der Waals surface area contributed by atoms with Gasteiger partial charge < -0.3 is 26.0 Å². The molecule has 0 unspecified atom stereocenters. The van der Waals surface area contributed by atoms with Crippen molar-refractivity contribution in [2.24, 2.45) is 0 Å². The average molecular weight is 700 g/mol. The van der Waals surface area contributed by atoms with Crippen molar-refractivity contribution in [3.05, 3.63) is 87.5 Å². The van der Waals surface area contributed by atoms with Crippen LogP contribution in [0.2, 0.25) is 10.0 Å². The van der Waals surface area contributed by atoms with Gasteiger partial charge in [-0.2, -0.15) is 0 Å². The number of pyridine rings is 2. The van der Waals surface area contributed by atoms with Crippen LogP contribution in [-0.2, 0) is 22.6 Å². The van der Waals surface area contributed by atoms with Gasteiger partial charge in [0.15, 0.2) is 0 Å². The summed E-state index contributed by atoms with van der Waals surface area (Å²) in [6.45, 7) is 2.02. The van der Waals surface area contributed by atoms with E-state index in [1.54, 1.807) is 13.3 Å². The standard InChI is InChI=1S/C38H40Cl2N6O3/c1-49-38-24(19-41-20-25-10-14-33(47)44-25)9-13-32(46-38)30-6-3-5-28(35(30)39)29-16-17-42-37(36(29)40)23-8-12-27-22(18-23)4-2-7-31(27)43-21-26-11-15-34(48)45-26/h3,5-6,8-9,12-13,16-18,25-26,31,41,43H,2,4,7,10-11,14-15,19-21H2,1H3,(H,44,47)(H,45,48)/t25-,26-,31+/m0/s1. The van der Waals surface area contributed by atoms with E-state index in [0.717, 1.165) is 66.5 Å². The number of ether oxygens (including phenoxy) is 1. The predicted molar refractivity (Wildman–Crippen MR) is 193 cm³/mol. The summed E-state index contributed by atoms with van der Waals surface area (Å²) >= 11 is 14.2. The van der Waals surface area contributed by atoms with Crippen molar-refractivity contribution in [1.29, 1.82) is 0 Å². The van der Waals surface area contributed by atoms with E-state index < -0.39 is 0 Å². The molecule has 1 aliphatic carbocycles. The molecule has 2 saturated heterocycles. The molecule has 4 N–H and O–H groups in total. The lowest BCUT2D eigenvalue weighted by Gasteiger charge is -2.28. The molecule has 49 heavy (non-hydrogen) atoms. The zero-order chi connectivity index (χ0) is 33.9.